The van der Waals surface area contributed by atoms with Gasteiger partial charge in [0, 0.05) is 6.07 Å². The molecule has 0 amide bonds. The van der Waals surface area contributed by atoms with Gasteiger partial charge in [0.25, 0.3) is 0 Å². The Kier molecular flexibility index (Phi) is 1.22. The summed E-state index contributed by atoms with van der Waals surface area (Å²) in [5.74, 6) is 5.74. The summed E-state index contributed by atoms with van der Waals surface area (Å²) >= 11 is 0. The van der Waals surface area contributed by atoms with Crippen LogP contribution in [0.5, 0.6) is 0 Å². The lowest BCUT2D eigenvalue weighted by atomic mass is 10.5. The van der Waals surface area contributed by atoms with Gasteiger partial charge >= 0.3 is 5.95 Å². The molecule has 0 bridgehead atoms. The van der Waals surface area contributed by atoms with Crippen LogP contribution in [-0.4, -0.2) is 4.98 Å². The van der Waals surface area contributed by atoms with Crippen LogP contribution in [-0.2, 0) is 0 Å². The molecular formula is C5H9N4+. The minimum Gasteiger partial charge on any atom is -0.289 e. The van der Waals surface area contributed by atoms with Crippen molar-refractivity contribution in [3.63, 3.8) is 0 Å². The fourth-order valence-electron chi connectivity index (χ4n) is 0.545. The third-order valence-electron chi connectivity index (χ3n) is 1.15. The maximum atomic E-state index is 5.41. The lowest BCUT2D eigenvalue weighted by Gasteiger charge is -1.95. The number of hydrogen-bond donors (Lipinski definition) is 2. The van der Waals surface area contributed by atoms with Crippen molar-refractivity contribution in [1.82, 2.24) is 4.98 Å². The van der Waals surface area contributed by atoms with E-state index in [1.54, 1.807) is 12.3 Å². The highest BCUT2D eigenvalue weighted by atomic mass is 15.3. The average Bonchev–Trinajstić information content (AvgIpc) is 1.83. The summed E-state index contributed by atoms with van der Waals surface area (Å²) in [7, 11) is 0. The highest BCUT2D eigenvalue weighted by Gasteiger charge is 2.01. The molecule has 0 radical (unpaired) electrons. The summed E-state index contributed by atoms with van der Waals surface area (Å²) in [5, 5.41) is 0. The number of nitrogens with zero attached hydrogens (tertiary/aromatic N) is 2. The van der Waals surface area contributed by atoms with Crippen molar-refractivity contribution >= 4 is 5.95 Å². The van der Waals surface area contributed by atoms with Crippen molar-refractivity contribution in [1.29, 1.82) is 0 Å². The van der Waals surface area contributed by atoms with E-state index in [0.29, 0.717) is 5.95 Å². The third-order valence-corrected chi connectivity index (χ3v) is 1.15. The van der Waals surface area contributed by atoms with E-state index >= 15 is 0 Å². The topological polar surface area (TPSA) is 68.8 Å². The number of aryl methyl sites for hydroxylation is 1. The monoisotopic (exact) mass is 125 g/mol. The van der Waals surface area contributed by atoms with Gasteiger partial charge in [0.2, 0.25) is 0 Å². The molecule has 0 atom stereocenters. The van der Waals surface area contributed by atoms with Gasteiger partial charge in [-0.1, -0.05) is 4.98 Å². The number of nitrogen functional groups attached to an aromatic ring is 2. The van der Waals surface area contributed by atoms with Gasteiger partial charge in [-0.25, -0.2) is 0 Å². The third kappa shape index (κ3) is 0.910. The average molecular weight is 125 g/mol. The van der Waals surface area contributed by atoms with Gasteiger partial charge in [-0.2, -0.15) is 0 Å². The van der Waals surface area contributed by atoms with E-state index in [0.717, 1.165) is 5.69 Å². The van der Waals surface area contributed by atoms with Crippen molar-refractivity contribution in [3.8, 4) is 0 Å². The Hall–Kier alpha value is -1.32. The number of aromatic nitrogens is 2. The molecule has 4 nitrogen and oxygen atoms in total. The standard InChI is InChI=1S/C5H8N4/c1-4-2-3-8-5(6)9(4)7/h2-3,6H,7H2,1H3/p+1. The fourth-order valence-corrected chi connectivity index (χ4v) is 0.545. The number of rotatable bonds is 0. The second-order valence-electron chi connectivity index (χ2n) is 1.81. The van der Waals surface area contributed by atoms with Crippen molar-refractivity contribution in [3.05, 3.63) is 18.0 Å². The first-order valence-electron chi connectivity index (χ1n) is 2.60. The van der Waals surface area contributed by atoms with E-state index in [1.807, 2.05) is 6.92 Å². The van der Waals surface area contributed by atoms with E-state index in [4.69, 9.17) is 11.6 Å². The summed E-state index contributed by atoms with van der Waals surface area (Å²) in [6.45, 7) is 1.86. The lowest BCUT2D eigenvalue weighted by molar-refractivity contribution is -0.633. The maximum absolute atomic E-state index is 5.41. The van der Waals surface area contributed by atoms with Gasteiger partial charge in [-0.05, 0) is 6.92 Å². The van der Waals surface area contributed by atoms with Crippen molar-refractivity contribution in [2.75, 3.05) is 11.6 Å². The largest absolute Gasteiger partial charge is 0.411 e. The van der Waals surface area contributed by atoms with Crippen LogP contribution in [0.4, 0.5) is 5.95 Å². The zero-order valence-electron chi connectivity index (χ0n) is 5.20. The molecule has 0 aliphatic heterocycles. The van der Waals surface area contributed by atoms with Crippen molar-refractivity contribution in [2.45, 2.75) is 6.92 Å². The minimum absolute atomic E-state index is 0.329. The highest BCUT2D eigenvalue weighted by molar-refractivity contribution is 5.06. The second-order valence-corrected chi connectivity index (χ2v) is 1.81. The number of anilines is 1. The van der Waals surface area contributed by atoms with Crippen LogP contribution in [0.15, 0.2) is 12.3 Å². The molecule has 0 aliphatic rings. The first kappa shape index (κ1) is 5.81. The van der Waals surface area contributed by atoms with Crippen LogP contribution in [0.25, 0.3) is 0 Å². The van der Waals surface area contributed by atoms with Gasteiger partial charge in [0.05, 0.1) is 0 Å². The van der Waals surface area contributed by atoms with E-state index in [1.165, 1.54) is 4.68 Å². The van der Waals surface area contributed by atoms with Crippen molar-refractivity contribution < 1.29 is 4.68 Å². The van der Waals surface area contributed by atoms with E-state index in [-0.39, 0.29) is 0 Å². The summed E-state index contributed by atoms with van der Waals surface area (Å²) < 4.78 is 1.33. The molecule has 1 heterocycles. The lowest BCUT2D eigenvalue weighted by Crippen LogP contribution is -2.50. The first-order chi connectivity index (χ1) is 4.22. The summed E-state index contributed by atoms with van der Waals surface area (Å²) in [6, 6.07) is 1.79. The predicted molar refractivity (Wildman–Crippen MR) is 33.7 cm³/mol. The van der Waals surface area contributed by atoms with Crippen molar-refractivity contribution in [2.24, 2.45) is 0 Å². The van der Waals surface area contributed by atoms with E-state index in [9.17, 15) is 0 Å². The Morgan fingerprint density at radius 2 is 2.33 bits per heavy atom. The quantitative estimate of drug-likeness (QED) is 0.344. The Balaban J connectivity index is 3.25. The van der Waals surface area contributed by atoms with Crippen LogP contribution < -0.4 is 16.3 Å². The van der Waals surface area contributed by atoms with Crippen LogP contribution in [0, 0.1) is 6.92 Å². The molecule has 0 unspecified atom stereocenters. The molecule has 4 N–H and O–H groups in total. The smallest absolute Gasteiger partial charge is 0.289 e. The van der Waals surface area contributed by atoms with Gasteiger partial charge in [-0.3, -0.25) is 11.6 Å². The molecule has 0 saturated heterocycles. The molecule has 0 spiro atoms. The van der Waals surface area contributed by atoms with Crippen LogP contribution in [0.1, 0.15) is 5.69 Å². The predicted octanol–water partition coefficient (Wildman–Crippen LogP) is -1.03. The van der Waals surface area contributed by atoms with Gasteiger partial charge in [-0.15, -0.1) is 4.68 Å². The minimum atomic E-state index is 0.329. The number of nitrogens with two attached hydrogens (primary N) is 2. The van der Waals surface area contributed by atoms with Gasteiger partial charge in [0.15, 0.2) is 0 Å². The summed E-state index contributed by atoms with van der Waals surface area (Å²) in [6.07, 6.45) is 1.62. The molecule has 9 heavy (non-hydrogen) atoms. The van der Waals surface area contributed by atoms with Crippen LogP contribution in [0.3, 0.4) is 0 Å². The molecule has 0 aromatic carbocycles. The molecule has 1 aromatic rings. The Labute approximate surface area is 53.1 Å². The molecule has 0 saturated carbocycles. The summed E-state index contributed by atoms with van der Waals surface area (Å²) in [4.78, 5) is 3.76. The van der Waals surface area contributed by atoms with E-state index in [2.05, 4.69) is 4.98 Å². The SMILES string of the molecule is Cc1ccnc(N)[n+]1N. The van der Waals surface area contributed by atoms with Crippen LogP contribution >= 0.6 is 0 Å². The Morgan fingerprint density at radius 3 is 2.78 bits per heavy atom. The normalized spacial score (nSPS) is 9.44. The number of hydrogen-bond acceptors (Lipinski definition) is 3. The van der Waals surface area contributed by atoms with E-state index < -0.39 is 0 Å². The molecule has 4 heteroatoms. The zero-order valence-corrected chi connectivity index (χ0v) is 5.20. The highest BCUT2D eigenvalue weighted by Crippen LogP contribution is 1.86. The van der Waals surface area contributed by atoms with Gasteiger partial charge in [0.1, 0.15) is 11.9 Å². The molecule has 1 rings (SSSR count). The molecule has 48 valence electrons. The summed E-state index contributed by atoms with van der Waals surface area (Å²) in [5.41, 5.74) is 6.24. The maximum Gasteiger partial charge on any atom is 0.411 e. The van der Waals surface area contributed by atoms with Crippen LogP contribution in [0.2, 0.25) is 0 Å². The second kappa shape index (κ2) is 1.89. The molecule has 0 aliphatic carbocycles. The Bertz CT molecular complexity index is 200. The molecule has 0 fully saturated rings. The Morgan fingerprint density at radius 1 is 1.67 bits per heavy atom. The first-order valence-corrected chi connectivity index (χ1v) is 2.60. The fraction of sp³-hybridized carbons (Fsp3) is 0.200. The molecular weight excluding hydrogens is 116 g/mol. The zero-order chi connectivity index (χ0) is 6.85. The van der Waals surface area contributed by atoms with Gasteiger partial charge < -0.3 is 0 Å². The molecule has 1 aromatic heterocycles.